The topological polar surface area (TPSA) is 29.5 Å². The first-order valence-electron chi connectivity index (χ1n) is 7.14. The van der Waals surface area contributed by atoms with E-state index in [-0.39, 0.29) is 5.91 Å². The van der Waals surface area contributed by atoms with Crippen molar-refractivity contribution in [1.29, 1.82) is 0 Å². The smallest absolute Gasteiger partial charge is 0.225 e. The highest BCUT2D eigenvalue weighted by molar-refractivity contribution is 5.76. The Hall–Kier alpha value is -1.51. The van der Waals surface area contributed by atoms with E-state index in [1.165, 1.54) is 5.56 Å². The van der Waals surface area contributed by atoms with Crippen LogP contribution in [0.1, 0.15) is 38.7 Å². The number of amides is 1. The second-order valence-corrected chi connectivity index (χ2v) is 4.80. The van der Waals surface area contributed by atoms with Crippen LogP contribution >= 0.6 is 0 Å². The van der Waals surface area contributed by atoms with Crippen molar-refractivity contribution in [3.63, 3.8) is 0 Å². The minimum atomic E-state index is 0.191. The van der Waals surface area contributed by atoms with Gasteiger partial charge >= 0.3 is 0 Å². The zero-order valence-corrected chi connectivity index (χ0v) is 12.3. The lowest BCUT2D eigenvalue weighted by molar-refractivity contribution is -0.131. The van der Waals surface area contributed by atoms with Crippen LogP contribution in [0.3, 0.4) is 0 Å². The van der Waals surface area contributed by atoms with Gasteiger partial charge in [0, 0.05) is 13.1 Å². The van der Waals surface area contributed by atoms with Crippen LogP contribution in [0, 0.1) is 6.92 Å². The van der Waals surface area contributed by atoms with E-state index in [9.17, 15) is 4.79 Å². The predicted octanol–water partition coefficient (Wildman–Crippen LogP) is 3.41. The number of hydrogen-bond donors (Lipinski definition) is 0. The van der Waals surface area contributed by atoms with Crippen molar-refractivity contribution in [3.8, 4) is 5.75 Å². The SMILES string of the molecule is CCCN(CCC)C(=O)CCOc1cccc(C)c1. The molecule has 1 amide bonds. The molecule has 0 heterocycles. The van der Waals surface area contributed by atoms with Crippen molar-refractivity contribution in [1.82, 2.24) is 4.90 Å². The molecular weight excluding hydrogens is 238 g/mol. The lowest BCUT2D eigenvalue weighted by Gasteiger charge is -2.21. The molecule has 0 atom stereocenters. The monoisotopic (exact) mass is 263 g/mol. The van der Waals surface area contributed by atoms with E-state index < -0.39 is 0 Å². The number of carbonyl (C=O) groups is 1. The summed E-state index contributed by atoms with van der Waals surface area (Å²) in [6.07, 6.45) is 2.46. The second-order valence-electron chi connectivity index (χ2n) is 4.80. The standard InChI is InChI=1S/C16H25NO2/c1-4-10-17(11-5-2)16(18)9-12-19-15-8-6-7-14(3)13-15/h6-8,13H,4-5,9-12H2,1-3H3. The van der Waals surface area contributed by atoms with E-state index in [4.69, 9.17) is 4.74 Å². The van der Waals surface area contributed by atoms with Gasteiger partial charge in [-0.3, -0.25) is 4.79 Å². The molecule has 0 fully saturated rings. The average molecular weight is 263 g/mol. The van der Waals surface area contributed by atoms with Gasteiger partial charge in [-0.05, 0) is 37.5 Å². The van der Waals surface area contributed by atoms with Crippen LogP contribution < -0.4 is 4.74 Å². The van der Waals surface area contributed by atoms with Crippen LogP contribution in [0.2, 0.25) is 0 Å². The van der Waals surface area contributed by atoms with Gasteiger partial charge in [-0.1, -0.05) is 26.0 Å². The molecule has 0 spiro atoms. The molecule has 1 rings (SSSR count). The Morgan fingerprint density at radius 1 is 1.21 bits per heavy atom. The number of rotatable bonds is 8. The normalized spacial score (nSPS) is 10.3. The summed E-state index contributed by atoms with van der Waals surface area (Å²) in [5, 5.41) is 0. The van der Waals surface area contributed by atoms with Gasteiger partial charge in [-0.25, -0.2) is 0 Å². The molecule has 3 nitrogen and oxygen atoms in total. The Balaban J connectivity index is 2.36. The quantitative estimate of drug-likeness (QED) is 0.719. The average Bonchev–Trinajstić information content (AvgIpc) is 2.38. The molecular formula is C16H25NO2. The van der Waals surface area contributed by atoms with Gasteiger partial charge in [0.15, 0.2) is 0 Å². The third kappa shape index (κ3) is 5.77. The first-order chi connectivity index (χ1) is 9.17. The van der Waals surface area contributed by atoms with E-state index in [2.05, 4.69) is 13.8 Å². The van der Waals surface area contributed by atoms with Crippen LogP contribution in [-0.4, -0.2) is 30.5 Å². The maximum Gasteiger partial charge on any atom is 0.225 e. The Labute approximate surface area is 116 Å². The molecule has 1 aromatic carbocycles. The molecule has 0 aromatic heterocycles. The second kappa shape index (κ2) is 8.57. The minimum absolute atomic E-state index is 0.191. The summed E-state index contributed by atoms with van der Waals surface area (Å²) >= 11 is 0. The zero-order valence-electron chi connectivity index (χ0n) is 12.3. The van der Waals surface area contributed by atoms with Crippen LogP contribution in [0.25, 0.3) is 0 Å². The molecule has 0 aliphatic carbocycles. The van der Waals surface area contributed by atoms with E-state index in [0.29, 0.717) is 13.0 Å². The fourth-order valence-electron chi connectivity index (χ4n) is 2.02. The van der Waals surface area contributed by atoms with Crippen LogP contribution in [0.5, 0.6) is 5.75 Å². The first kappa shape index (κ1) is 15.5. The first-order valence-corrected chi connectivity index (χ1v) is 7.14. The minimum Gasteiger partial charge on any atom is -0.493 e. The molecule has 1 aromatic rings. The molecule has 106 valence electrons. The molecule has 0 N–H and O–H groups in total. The Morgan fingerprint density at radius 3 is 2.47 bits per heavy atom. The van der Waals surface area contributed by atoms with Crippen LogP contribution in [-0.2, 0) is 4.79 Å². The van der Waals surface area contributed by atoms with E-state index in [1.54, 1.807) is 0 Å². The maximum absolute atomic E-state index is 12.0. The van der Waals surface area contributed by atoms with Gasteiger partial charge in [0.05, 0.1) is 13.0 Å². The largest absolute Gasteiger partial charge is 0.493 e. The Morgan fingerprint density at radius 2 is 1.89 bits per heavy atom. The number of aryl methyl sites for hydroxylation is 1. The lowest BCUT2D eigenvalue weighted by atomic mass is 10.2. The third-order valence-electron chi connectivity index (χ3n) is 2.91. The predicted molar refractivity (Wildman–Crippen MR) is 78.5 cm³/mol. The molecule has 0 saturated heterocycles. The highest BCUT2D eigenvalue weighted by atomic mass is 16.5. The summed E-state index contributed by atoms with van der Waals surface area (Å²) in [7, 11) is 0. The summed E-state index contributed by atoms with van der Waals surface area (Å²) in [6, 6.07) is 7.91. The van der Waals surface area contributed by atoms with Gasteiger partial charge in [0.25, 0.3) is 0 Å². The van der Waals surface area contributed by atoms with Gasteiger partial charge < -0.3 is 9.64 Å². The molecule has 0 unspecified atom stereocenters. The fraction of sp³-hybridized carbons (Fsp3) is 0.562. The number of hydrogen-bond acceptors (Lipinski definition) is 2. The van der Waals surface area contributed by atoms with Crippen LogP contribution in [0.15, 0.2) is 24.3 Å². The Kier molecular flexibility index (Phi) is 7.01. The van der Waals surface area contributed by atoms with Crippen molar-refractivity contribution in [3.05, 3.63) is 29.8 Å². The van der Waals surface area contributed by atoms with E-state index >= 15 is 0 Å². The summed E-state index contributed by atoms with van der Waals surface area (Å²) < 4.78 is 5.62. The van der Waals surface area contributed by atoms with Gasteiger partial charge in [0.2, 0.25) is 5.91 Å². The molecule has 0 bridgehead atoms. The summed E-state index contributed by atoms with van der Waals surface area (Å²) in [5.41, 5.74) is 1.17. The van der Waals surface area contributed by atoms with Crippen molar-refractivity contribution in [2.45, 2.75) is 40.0 Å². The van der Waals surface area contributed by atoms with Crippen molar-refractivity contribution in [2.24, 2.45) is 0 Å². The molecule has 0 aliphatic heterocycles. The molecule has 0 aliphatic rings. The highest BCUT2D eigenvalue weighted by Gasteiger charge is 2.11. The van der Waals surface area contributed by atoms with Gasteiger partial charge in [0.1, 0.15) is 5.75 Å². The zero-order chi connectivity index (χ0) is 14.1. The summed E-state index contributed by atoms with van der Waals surface area (Å²) in [6.45, 7) is 8.36. The maximum atomic E-state index is 12.0. The van der Waals surface area contributed by atoms with E-state index in [0.717, 1.165) is 31.7 Å². The van der Waals surface area contributed by atoms with Gasteiger partial charge in [-0.2, -0.15) is 0 Å². The number of ether oxygens (including phenoxy) is 1. The Bertz CT molecular complexity index is 384. The molecule has 0 saturated carbocycles. The number of nitrogens with zero attached hydrogens (tertiary/aromatic N) is 1. The molecule has 3 heteroatoms. The fourth-order valence-corrected chi connectivity index (χ4v) is 2.02. The summed E-state index contributed by atoms with van der Waals surface area (Å²) in [4.78, 5) is 14.0. The van der Waals surface area contributed by atoms with Crippen molar-refractivity contribution < 1.29 is 9.53 Å². The van der Waals surface area contributed by atoms with Gasteiger partial charge in [-0.15, -0.1) is 0 Å². The number of carbonyl (C=O) groups excluding carboxylic acids is 1. The molecule has 19 heavy (non-hydrogen) atoms. The number of benzene rings is 1. The summed E-state index contributed by atoms with van der Waals surface area (Å²) in [5.74, 6) is 1.03. The van der Waals surface area contributed by atoms with Crippen LogP contribution in [0.4, 0.5) is 0 Å². The van der Waals surface area contributed by atoms with Crippen molar-refractivity contribution in [2.75, 3.05) is 19.7 Å². The van der Waals surface area contributed by atoms with E-state index in [1.807, 2.05) is 36.1 Å². The third-order valence-corrected chi connectivity index (χ3v) is 2.91. The highest BCUT2D eigenvalue weighted by Crippen LogP contribution is 2.12. The molecule has 0 radical (unpaired) electrons. The van der Waals surface area contributed by atoms with Crippen molar-refractivity contribution >= 4 is 5.91 Å². The lowest BCUT2D eigenvalue weighted by Crippen LogP contribution is -2.33.